The van der Waals surface area contributed by atoms with E-state index in [9.17, 15) is 0 Å². The van der Waals surface area contributed by atoms with Crippen molar-refractivity contribution < 1.29 is 0 Å². The summed E-state index contributed by atoms with van der Waals surface area (Å²) < 4.78 is 0. The van der Waals surface area contributed by atoms with Gasteiger partial charge in [-0.2, -0.15) is 0 Å². The number of nitrogen functional groups attached to an aromatic ring is 1. The Morgan fingerprint density at radius 1 is 1.42 bits per heavy atom. The van der Waals surface area contributed by atoms with Gasteiger partial charge in [-0.3, -0.25) is 0 Å². The smallest absolute Gasteiger partial charge is 0.0670 e. The molecule has 0 saturated heterocycles. The van der Waals surface area contributed by atoms with Gasteiger partial charge >= 0.3 is 0 Å². The van der Waals surface area contributed by atoms with Crippen LogP contribution in [0.5, 0.6) is 0 Å². The highest BCUT2D eigenvalue weighted by Crippen LogP contribution is 2.36. The van der Waals surface area contributed by atoms with Crippen LogP contribution in [-0.2, 0) is 6.42 Å². The highest BCUT2D eigenvalue weighted by Gasteiger charge is 2.21. The minimum absolute atomic E-state index is 0.151. The van der Waals surface area contributed by atoms with E-state index in [-0.39, 0.29) is 6.04 Å². The lowest BCUT2D eigenvalue weighted by Crippen LogP contribution is -2.05. The van der Waals surface area contributed by atoms with E-state index in [1.165, 1.54) is 0 Å². The van der Waals surface area contributed by atoms with E-state index >= 15 is 0 Å². The molecular weight excluding hydrogens is 172 g/mol. The van der Waals surface area contributed by atoms with Gasteiger partial charge in [0.05, 0.1) is 10.7 Å². The van der Waals surface area contributed by atoms with E-state index in [4.69, 9.17) is 23.1 Å². The van der Waals surface area contributed by atoms with Crippen LogP contribution < -0.4 is 11.5 Å². The Kier molecular flexibility index (Phi) is 1.74. The van der Waals surface area contributed by atoms with Crippen molar-refractivity contribution in [2.24, 2.45) is 5.73 Å². The van der Waals surface area contributed by atoms with Gasteiger partial charge in [-0.05, 0) is 30.0 Å². The van der Waals surface area contributed by atoms with Crippen LogP contribution in [0.15, 0.2) is 12.1 Å². The summed E-state index contributed by atoms with van der Waals surface area (Å²) in [6.07, 6.45) is 1.94. The van der Waals surface area contributed by atoms with E-state index in [1.807, 2.05) is 12.1 Å². The molecule has 0 bridgehead atoms. The van der Waals surface area contributed by atoms with Gasteiger partial charge in [0.15, 0.2) is 0 Å². The first kappa shape index (κ1) is 7.90. The number of fused-ring (bicyclic) bond motifs is 1. The van der Waals surface area contributed by atoms with Gasteiger partial charge in [0.2, 0.25) is 0 Å². The normalized spacial score (nSPS) is 21.0. The van der Waals surface area contributed by atoms with E-state index < -0.39 is 0 Å². The Hall–Kier alpha value is -0.730. The molecule has 12 heavy (non-hydrogen) atoms. The lowest BCUT2D eigenvalue weighted by atomic mass is 10.1. The maximum atomic E-state index is 6.02. The number of benzene rings is 1. The second kappa shape index (κ2) is 2.64. The number of halogens is 1. The average molecular weight is 183 g/mol. The fraction of sp³-hybridized carbons (Fsp3) is 0.333. The molecule has 2 nitrogen and oxygen atoms in total. The van der Waals surface area contributed by atoms with Crippen LogP contribution in [-0.4, -0.2) is 0 Å². The van der Waals surface area contributed by atoms with Gasteiger partial charge in [0, 0.05) is 6.04 Å². The average Bonchev–Trinajstić information content (AvgIpc) is 2.41. The first-order valence-electron chi connectivity index (χ1n) is 4.02. The minimum atomic E-state index is 0.151. The molecule has 3 heteroatoms. The quantitative estimate of drug-likeness (QED) is 0.602. The van der Waals surface area contributed by atoms with Crippen molar-refractivity contribution in [2.75, 3.05) is 5.73 Å². The second-order valence-corrected chi connectivity index (χ2v) is 3.56. The predicted octanol–water partition coefficient (Wildman–Crippen LogP) is 1.87. The molecule has 0 aliphatic heterocycles. The molecule has 1 atom stereocenters. The topological polar surface area (TPSA) is 52.0 Å². The molecule has 0 heterocycles. The van der Waals surface area contributed by atoms with E-state index in [0.717, 1.165) is 24.0 Å². The molecule has 1 aromatic carbocycles. The highest BCUT2D eigenvalue weighted by molar-refractivity contribution is 6.34. The number of nitrogens with two attached hydrogens (primary N) is 2. The molecule has 0 unspecified atom stereocenters. The Morgan fingerprint density at radius 2 is 2.17 bits per heavy atom. The van der Waals surface area contributed by atoms with E-state index in [2.05, 4.69) is 0 Å². The molecular formula is C9H11ClN2. The summed E-state index contributed by atoms with van der Waals surface area (Å²) in [4.78, 5) is 0. The SMILES string of the molecule is Nc1ccc2c(c1Cl)CC[C@@H]2N. The first-order chi connectivity index (χ1) is 5.70. The van der Waals surface area contributed by atoms with Crippen molar-refractivity contribution in [3.63, 3.8) is 0 Å². The van der Waals surface area contributed by atoms with Gasteiger partial charge < -0.3 is 11.5 Å². The molecule has 2 rings (SSSR count). The van der Waals surface area contributed by atoms with Crippen molar-refractivity contribution in [1.29, 1.82) is 0 Å². The van der Waals surface area contributed by atoms with E-state index in [1.54, 1.807) is 0 Å². The number of anilines is 1. The van der Waals surface area contributed by atoms with Crippen LogP contribution in [0.1, 0.15) is 23.6 Å². The third-order valence-corrected chi connectivity index (χ3v) is 2.86. The van der Waals surface area contributed by atoms with Crippen LogP contribution in [0, 0.1) is 0 Å². The summed E-state index contributed by atoms with van der Waals surface area (Å²) in [5, 5.41) is 0.695. The molecule has 1 aromatic rings. The molecule has 1 aliphatic carbocycles. The van der Waals surface area contributed by atoms with Gasteiger partial charge in [0.25, 0.3) is 0 Å². The Labute approximate surface area is 76.5 Å². The maximum absolute atomic E-state index is 6.02. The minimum Gasteiger partial charge on any atom is -0.398 e. The van der Waals surface area contributed by atoms with Gasteiger partial charge in [0.1, 0.15) is 0 Å². The standard InChI is InChI=1S/C9H11ClN2/c10-9-6-2-3-7(11)5(6)1-4-8(9)12/h1,4,7H,2-3,11-12H2/t7-/m0/s1. The third kappa shape index (κ3) is 0.993. The van der Waals surface area contributed by atoms with Crippen LogP contribution in [0.2, 0.25) is 5.02 Å². The fourth-order valence-corrected chi connectivity index (χ4v) is 1.98. The zero-order valence-electron chi connectivity index (χ0n) is 6.68. The summed E-state index contributed by atoms with van der Waals surface area (Å²) in [7, 11) is 0. The molecule has 0 fully saturated rings. The van der Waals surface area contributed by atoms with Crippen LogP contribution >= 0.6 is 11.6 Å². The van der Waals surface area contributed by atoms with Crippen LogP contribution in [0.3, 0.4) is 0 Å². The number of rotatable bonds is 0. The summed E-state index contributed by atoms with van der Waals surface area (Å²) in [5.74, 6) is 0. The molecule has 1 aliphatic rings. The largest absolute Gasteiger partial charge is 0.398 e. The molecule has 4 N–H and O–H groups in total. The second-order valence-electron chi connectivity index (χ2n) is 3.18. The highest BCUT2D eigenvalue weighted by atomic mass is 35.5. The maximum Gasteiger partial charge on any atom is 0.0670 e. The number of hydrogen-bond acceptors (Lipinski definition) is 2. The lowest BCUT2D eigenvalue weighted by Gasteiger charge is -2.06. The fourth-order valence-electron chi connectivity index (χ4n) is 1.71. The molecule has 0 amide bonds. The molecule has 0 radical (unpaired) electrons. The molecule has 0 saturated carbocycles. The predicted molar refractivity (Wildman–Crippen MR) is 51.1 cm³/mol. The third-order valence-electron chi connectivity index (χ3n) is 2.41. The van der Waals surface area contributed by atoms with Crippen molar-refractivity contribution in [1.82, 2.24) is 0 Å². The van der Waals surface area contributed by atoms with Gasteiger partial charge in [-0.25, -0.2) is 0 Å². The Balaban J connectivity index is 2.60. The molecule has 0 aromatic heterocycles. The Bertz CT molecular complexity index is 323. The monoisotopic (exact) mass is 182 g/mol. The zero-order chi connectivity index (χ0) is 8.72. The molecule has 64 valence electrons. The first-order valence-corrected chi connectivity index (χ1v) is 4.40. The summed E-state index contributed by atoms with van der Waals surface area (Å²) in [5.41, 5.74) is 14.5. The van der Waals surface area contributed by atoms with E-state index in [0.29, 0.717) is 10.7 Å². The Morgan fingerprint density at radius 3 is 2.92 bits per heavy atom. The van der Waals surface area contributed by atoms with Crippen molar-refractivity contribution >= 4 is 17.3 Å². The lowest BCUT2D eigenvalue weighted by molar-refractivity contribution is 0.713. The van der Waals surface area contributed by atoms with Crippen LogP contribution in [0.4, 0.5) is 5.69 Å². The van der Waals surface area contributed by atoms with Crippen LogP contribution in [0.25, 0.3) is 0 Å². The van der Waals surface area contributed by atoms with Gasteiger partial charge in [-0.1, -0.05) is 17.7 Å². The van der Waals surface area contributed by atoms with Crippen molar-refractivity contribution in [3.8, 4) is 0 Å². The zero-order valence-corrected chi connectivity index (χ0v) is 7.43. The van der Waals surface area contributed by atoms with Crippen molar-refractivity contribution in [3.05, 3.63) is 28.3 Å². The van der Waals surface area contributed by atoms with Gasteiger partial charge in [-0.15, -0.1) is 0 Å². The molecule has 0 spiro atoms. The summed E-state index contributed by atoms with van der Waals surface area (Å²) in [6.45, 7) is 0. The van der Waals surface area contributed by atoms with Crippen molar-refractivity contribution in [2.45, 2.75) is 18.9 Å². The summed E-state index contributed by atoms with van der Waals surface area (Å²) >= 11 is 6.02. The summed E-state index contributed by atoms with van der Waals surface area (Å²) in [6, 6.07) is 3.96. The number of hydrogen-bond donors (Lipinski definition) is 2.